The minimum absolute atomic E-state index is 0.00441. The van der Waals surface area contributed by atoms with Crippen molar-refractivity contribution >= 4 is 35.4 Å². The summed E-state index contributed by atoms with van der Waals surface area (Å²) in [6.07, 6.45) is 1.67. The quantitative estimate of drug-likeness (QED) is 0.171. The van der Waals surface area contributed by atoms with Crippen LogP contribution >= 0.6 is 11.8 Å². The predicted molar refractivity (Wildman–Crippen MR) is 150 cm³/mol. The largest absolute Gasteiger partial charge is 0.497 e. The molecule has 0 bridgehead atoms. The van der Waals surface area contributed by atoms with Crippen molar-refractivity contribution in [2.24, 2.45) is 0 Å². The number of non-ortho nitro benzene ring substituents is 1. The van der Waals surface area contributed by atoms with Gasteiger partial charge in [0, 0.05) is 29.5 Å². The van der Waals surface area contributed by atoms with E-state index in [0.717, 1.165) is 11.1 Å². The summed E-state index contributed by atoms with van der Waals surface area (Å²) in [5, 5.41) is 14.4. The first-order valence-electron chi connectivity index (χ1n) is 12.6. The van der Waals surface area contributed by atoms with E-state index >= 15 is 0 Å². The number of rotatable bonds is 7. The number of nitrogens with one attached hydrogen (secondary N) is 1. The van der Waals surface area contributed by atoms with Crippen LogP contribution in [0, 0.1) is 17.0 Å². The lowest BCUT2D eigenvalue weighted by atomic mass is 9.93. The molecule has 0 saturated carbocycles. The van der Waals surface area contributed by atoms with Gasteiger partial charge in [0.2, 0.25) is 0 Å². The molecular formula is C29H27N3O7S. The molecule has 1 fully saturated rings. The first kappa shape index (κ1) is 27.1. The summed E-state index contributed by atoms with van der Waals surface area (Å²) < 4.78 is 16.7. The van der Waals surface area contributed by atoms with Crippen molar-refractivity contribution < 1.29 is 28.4 Å². The third-order valence-electron chi connectivity index (χ3n) is 6.75. The predicted octanol–water partition coefficient (Wildman–Crippen LogP) is 5.55. The van der Waals surface area contributed by atoms with E-state index in [-0.39, 0.29) is 18.2 Å². The SMILES string of the molecule is CCOC(=O)C1=C(C)NC2S/C(=C\c3ccc(-c4ccc([N+](=O)[O-])cc4C)o3)C(=O)N2C1c1ccc(OC)cc1. The molecule has 2 aromatic carbocycles. The highest BCUT2D eigenvalue weighted by Crippen LogP contribution is 2.47. The minimum atomic E-state index is -0.669. The molecule has 0 radical (unpaired) electrons. The Morgan fingerprint density at radius 2 is 1.93 bits per heavy atom. The molecule has 1 amide bonds. The summed E-state index contributed by atoms with van der Waals surface area (Å²) in [4.78, 5) is 39.6. The number of benzene rings is 2. The van der Waals surface area contributed by atoms with Gasteiger partial charge in [0.1, 0.15) is 17.3 Å². The van der Waals surface area contributed by atoms with Gasteiger partial charge in [0.25, 0.3) is 11.6 Å². The maximum atomic E-state index is 13.8. The molecule has 1 N–H and O–H groups in total. The molecule has 2 aliphatic heterocycles. The topological polar surface area (TPSA) is 124 Å². The van der Waals surface area contributed by atoms with Crippen LogP contribution in [0.15, 0.2) is 75.2 Å². The second-order valence-corrected chi connectivity index (χ2v) is 10.4. The number of fused-ring (bicyclic) bond motifs is 1. The summed E-state index contributed by atoms with van der Waals surface area (Å²) in [5.74, 6) is 0.897. The van der Waals surface area contributed by atoms with Crippen LogP contribution in [0.25, 0.3) is 17.4 Å². The fourth-order valence-corrected chi connectivity index (χ4v) is 6.04. The van der Waals surface area contributed by atoms with Gasteiger partial charge in [-0.25, -0.2) is 4.79 Å². The van der Waals surface area contributed by atoms with Crippen LogP contribution in [0.4, 0.5) is 5.69 Å². The second-order valence-electron chi connectivity index (χ2n) is 9.23. The number of hydrogen-bond acceptors (Lipinski definition) is 9. The third-order valence-corrected chi connectivity index (χ3v) is 7.86. The molecule has 2 aliphatic rings. The highest BCUT2D eigenvalue weighted by Gasteiger charge is 2.48. The molecule has 1 aromatic heterocycles. The number of carbonyl (C=O) groups is 2. The van der Waals surface area contributed by atoms with Gasteiger partial charge >= 0.3 is 5.97 Å². The van der Waals surface area contributed by atoms with Crippen LogP contribution in [-0.2, 0) is 14.3 Å². The van der Waals surface area contributed by atoms with Gasteiger partial charge in [-0.3, -0.25) is 19.8 Å². The monoisotopic (exact) mass is 561 g/mol. The number of thioether (sulfide) groups is 1. The van der Waals surface area contributed by atoms with E-state index in [9.17, 15) is 19.7 Å². The Kier molecular flexibility index (Phi) is 7.40. The average molecular weight is 562 g/mol. The number of methoxy groups -OCH3 is 1. The molecule has 10 nitrogen and oxygen atoms in total. The Balaban J connectivity index is 1.48. The van der Waals surface area contributed by atoms with Crippen molar-refractivity contribution in [1.29, 1.82) is 0 Å². The van der Waals surface area contributed by atoms with Gasteiger partial charge < -0.3 is 19.2 Å². The van der Waals surface area contributed by atoms with Crippen LogP contribution in [0.1, 0.15) is 36.8 Å². The van der Waals surface area contributed by atoms with E-state index in [1.807, 2.05) is 12.1 Å². The smallest absolute Gasteiger partial charge is 0.338 e. The summed E-state index contributed by atoms with van der Waals surface area (Å²) >= 11 is 1.33. The molecule has 5 rings (SSSR count). The average Bonchev–Trinajstić information content (AvgIpc) is 3.52. The van der Waals surface area contributed by atoms with Gasteiger partial charge in [0.05, 0.1) is 35.2 Å². The molecule has 0 aliphatic carbocycles. The van der Waals surface area contributed by atoms with Crippen LogP contribution in [0.2, 0.25) is 0 Å². The highest BCUT2D eigenvalue weighted by molar-refractivity contribution is 8.05. The lowest BCUT2D eigenvalue weighted by Gasteiger charge is -2.39. The van der Waals surface area contributed by atoms with Crippen molar-refractivity contribution in [3.05, 3.63) is 97.8 Å². The van der Waals surface area contributed by atoms with E-state index < -0.39 is 22.4 Å². The summed E-state index contributed by atoms with van der Waals surface area (Å²) in [6.45, 7) is 5.52. The first-order valence-corrected chi connectivity index (χ1v) is 13.4. The molecule has 11 heteroatoms. The number of aryl methyl sites for hydroxylation is 1. The van der Waals surface area contributed by atoms with Gasteiger partial charge in [-0.15, -0.1) is 0 Å². The summed E-state index contributed by atoms with van der Waals surface area (Å²) in [6, 6.07) is 14.7. The Morgan fingerprint density at radius 1 is 1.18 bits per heavy atom. The lowest BCUT2D eigenvalue weighted by Crippen LogP contribution is -2.49. The zero-order chi connectivity index (χ0) is 28.6. The van der Waals surface area contributed by atoms with Crippen LogP contribution < -0.4 is 10.1 Å². The Hall–Kier alpha value is -4.51. The maximum absolute atomic E-state index is 13.8. The fraction of sp³-hybridized carbons (Fsp3) is 0.241. The van der Waals surface area contributed by atoms with E-state index in [0.29, 0.717) is 39.0 Å². The number of nitro benzene ring substituents is 1. The highest BCUT2D eigenvalue weighted by atomic mass is 32.2. The van der Waals surface area contributed by atoms with Crippen molar-refractivity contribution in [2.75, 3.05) is 13.7 Å². The van der Waals surface area contributed by atoms with E-state index in [2.05, 4.69) is 5.32 Å². The number of nitrogens with zero attached hydrogens (tertiary/aromatic N) is 2. The number of ether oxygens (including phenoxy) is 2. The van der Waals surface area contributed by atoms with Gasteiger partial charge in [-0.05, 0) is 62.2 Å². The number of esters is 1. The normalized spacial score (nSPS) is 19.4. The van der Waals surface area contributed by atoms with Gasteiger partial charge in [-0.1, -0.05) is 23.9 Å². The van der Waals surface area contributed by atoms with Crippen LogP contribution in [-0.4, -0.2) is 40.9 Å². The first-order chi connectivity index (χ1) is 19.2. The number of furan rings is 1. The molecule has 0 spiro atoms. The molecule has 40 heavy (non-hydrogen) atoms. The summed E-state index contributed by atoms with van der Waals surface area (Å²) in [5.41, 5.74) is 2.73. The molecule has 2 atom stereocenters. The van der Waals surface area contributed by atoms with Crippen molar-refractivity contribution in [3.8, 4) is 17.1 Å². The zero-order valence-corrected chi connectivity index (χ0v) is 23.1. The Labute approximate surface area is 234 Å². The zero-order valence-electron chi connectivity index (χ0n) is 22.3. The lowest BCUT2D eigenvalue weighted by molar-refractivity contribution is -0.384. The Morgan fingerprint density at radius 3 is 2.58 bits per heavy atom. The number of carbonyl (C=O) groups excluding carboxylic acids is 2. The summed E-state index contributed by atoms with van der Waals surface area (Å²) in [7, 11) is 1.57. The standard InChI is InChI=1S/C29H27N3O7S/c1-5-38-28(34)25-17(3)30-29-31(26(25)18-6-9-20(37-4)10-7-18)27(33)24(40-29)15-21-11-13-23(39-21)22-12-8-19(32(35)36)14-16(22)2/h6-15,26,29-30H,5H2,1-4H3/b24-15-. The van der Waals surface area contributed by atoms with E-state index in [1.165, 1.54) is 23.9 Å². The fourth-order valence-electron chi connectivity index (χ4n) is 4.85. The van der Waals surface area contributed by atoms with Crippen molar-refractivity contribution in [2.45, 2.75) is 32.3 Å². The van der Waals surface area contributed by atoms with Gasteiger partial charge in [0.15, 0.2) is 5.50 Å². The third kappa shape index (κ3) is 4.95. The molecule has 2 unspecified atom stereocenters. The molecular weight excluding hydrogens is 534 g/mol. The molecule has 1 saturated heterocycles. The van der Waals surface area contributed by atoms with Crippen molar-refractivity contribution in [1.82, 2.24) is 10.2 Å². The molecule has 3 aromatic rings. The molecule has 3 heterocycles. The molecule has 206 valence electrons. The maximum Gasteiger partial charge on any atom is 0.338 e. The number of nitro groups is 1. The van der Waals surface area contributed by atoms with Gasteiger partial charge in [-0.2, -0.15) is 0 Å². The van der Waals surface area contributed by atoms with E-state index in [1.54, 1.807) is 69.2 Å². The van der Waals surface area contributed by atoms with Crippen molar-refractivity contribution in [3.63, 3.8) is 0 Å². The Bertz CT molecular complexity index is 1560. The number of allylic oxidation sites excluding steroid dienone is 1. The number of amides is 1. The van der Waals surface area contributed by atoms with Crippen LogP contribution in [0.5, 0.6) is 5.75 Å². The van der Waals surface area contributed by atoms with E-state index in [4.69, 9.17) is 13.9 Å². The van der Waals surface area contributed by atoms with Crippen LogP contribution in [0.3, 0.4) is 0 Å². The second kappa shape index (κ2) is 10.9. The number of hydrogen-bond donors (Lipinski definition) is 1. The minimum Gasteiger partial charge on any atom is -0.497 e.